The number of hydrogen-bond acceptors (Lipinski definition) is 2. The summed E-state index contributed by atoms with van der Waals surface area (Å²) >= 11 is 0. The summed E-state index contributed by atoms with van der Waals surface area (Å²) in [5.41, 5.74) is 3.78. The molecular formula is C20H25N3O. The minimum atomic E-state index is 0.187. The van der Waals surface area contributed by atoms with Crippen LogP contribution in [-0.4, -0.2) is 33.2 Å². The average molecular weight is 323 g/mol. The Morgan fingerprint density at radius 3 is 2.92 bits per heavy atom. The van der Waals surface area contributed by atoms with Crippen LogP contribution in [0.25, 0.3) is 0 Å². The molecule has 2 fully saturated rings. The number of likely N-dealkylation sites (tertiary alicyclic amines) is 1. The predicted octanol–water partition coefficient (Wildman–Crippen LogP) is 3.29. The molecule has 2 aromatic rings. The van der Waals surface area contributed by atoms with Crippen molar-refractivity contribution in [2.24, 2.45) is 5.92 Å². The molecule has 2 heterocycles. The van der Waals surface area contributed by atoms with E-state index in [-0.39, 0.29) is 5.92 Å². The molecule has 0 unspecified atom stereocenters. The zero-order valence-electron chi connectivity index (χ0n) is 14.5. The minimum absolute atomic E-state index is 0.187. The fourth-order valence-corrected chi connectivity index (χ4v) is 4.05. The van der Waals surface area contributed by atoms with Gasteiger partial charge in [-0.25, -0.2) is 0 Å². The smallest absolute Gasteiger partial charge is 0.226 e. The van der Waals surface area contributed by atoms with Crippen molar-refractivity contribution < 1.29 is 4.79 Å². The maximum absolute atomic E-state index is 13.0. The third-order valence-corrected chi connectivity index (χ3v) is 5.40. The van der Waals surface area contributed by atoms with E-state index in [1.807, 2.05) is 10.9 Å². The van der Waals surface area contributed by atoms with Crippen LogP contribution in [0.2, 0.25) is 0 Å². The van der Waals surface area contributed by atoms with Crippen molar-refractivity contribution in [3.8, 4) is 0 Å². The Hall–Kier alpha value is -2.10. The number of amides is 1. The first-order chi connectivity index (χ1) is 11.6. The van der Waals surface area contributed by atoms with E-state index in [1.165, 1.54) is 16.7 Å². The molecule has 0 N–H and O–H groups in total. The summed E-state index contributed by atoms with van der Waals surface area (Å²) in [7, 11) is 0. The lowest BCUT2D eigenvalue weighted by atomic mass is 10.1. The van der Waals surface area contributed by atoms with E-state index in [1.54, 1.807) is 0 Å². The Labute approximate surface area is 143 Å². The number of carbonyl (C=O) groups is 1. The van der Waals surface area contributed by atoms with Gasteiger partial charge in [-0.2, -0.15) is 5.10 Å². The molecule has 1 aromatic heterocycles. The molecular weight excluding hydrogens is 298 g/mol. The van der Waals surface area contributed by atoms with E-state index in [9.17, 15) is 4.79 Å². The van der Waals surface area contributed by atoms with Crippen LogP contribution in [0.3, 0.4) is 0 Å². The quantitative estimate of drug-likeness (QED) is 0.866. The number of hydrogen-bond donors (Lipinski definition) is 0. The normalized spacial score (nSPS) is 25.9. The highest BCUT2D eigenvalue weighted by Crippen LogP contribution is 2.49. The predicted molar refractivity (Wildman–Crippen MR) is 93.7 cm³/mol. The molecule has 1 aliphatic heterocycles. The van der Waals surface area contributed by atoms with Crippen molar-refractivity contribution >= 4 is 5.91 Å². The fourth-order valence-electron chi connectivity index (χ4n) is 4.05. The Bertz CT molecular complexity index is 751. The Morgan fingerprint density at radius 1 is 1.29 bits per heavy atom. The Kier molecular flexibility index (Phi) is 3.91. The Balaban J connectivity index is 1.42. The molecule has 24 heavy (non-hydrogen) atoms. The molecule has 2 aliphatic rings. The highest BCUT2D eigenvalue weighted by Gasteiger charge is 2.47. The van der Waals surface area contributed by atoms with Gasteiger partial charge in [0.15, 0.2) is 0 Å². The van der Waals surface area contributed by atoms with E-state index < -0.39 is 0 Å². The van der Waals surface area contributed by atoms with Crippen LogP contribution in [0.15, 0.2) is 36.7 Å². The zero-order chi connectivity index (χ0) is 16.7. The van der Waals surface area contributed by atoms with E-state index in [0.717, 1.165) is 32.4 Å². The SMILES string of the molecule is Cc1cccc([C@@H]2C[C@@H]2C(=O)N2CCC[C@@H]2Cn2cc(C)cn2)c1. The fraction of sp³-hybridized carbons (Fsp3) is 0.500. The number of rotatable bonds is 4. The first-order valence-electron chi connectivity index (χ1n) is 8.98. The molecule has 0 radical (unpaired) electrons. The van der Waals surface area contributed by atoms with Crippen LogP contribution in [0.1, 0.15) is 41.9 Å². The molecule has 4 rings (SSSR count). The summed E-state index contributed by atoms with van der Waals surface area (Å²) in [6.07, 6.45) is 7.15. The molecule has 126 valence electrons. The van der Waals surface area contributed by atoms with Crippen molar-refractivity contribution in [1.29, 1.82) is 0 Å². The number of nitrogens with zero attached hydrogens (tertiary/aromatic N) is 3. The summed E-state index contributed by atoms with van der Waals surface area (Å²) in [5, 5.41) is 4.38. The van der Waals surface area contributed by atoms with Crippen LogP contribution >= 0.6 is 0 Å². The van der Waals surface area contributed by atoms with Crippen molar-refractivity contribution in [1.82, 2.24) is 14.7 Å². The van der Waals surface area contributed by atoms with E-state index in [2.05, 4.69) is 54.3 Å². The summed E-state index contributed by atoms with van der Waals surface area (Å²) in [6, 6.07) is 8.91. The molecule has 1 saturated carbocycles. The molecule has 1 aliphatic carbocycles. The maximum Gasteiger partial charge on any atom is 0.226 e. The van der Waals surface area contributed by atoms with Gasteiger partial charge >= 0.3 is 0 Å². The lowest BCUT2D eigenvalue weighted by Crippen LogP contribution is -2.39. The van der Waals surface area contributed by atoms with Crippen LogP contribution < -0.4 is 0 Å². The van der Waals surface area contributed by atoms with E-state index in [4.69, 9.17) is 0 Å². The lowest BCUT2D eigenvalue weighted by molar-refractivity contribution is -0.133. The van der Waals surface area contributed by atoms with Crippen molar-refractivity contribution in [3.05, 3.63) is 53.3 Å². The summed E-state index contributed by atoms with van der Waals surface area (Å²) in [5.74, 6) is 0.963. The highest BCUT2D eigenvalue weighted by molar-refractivity contribution is 5.83. The van der Waals surface area contributed by atoms with Gasteiger partial charge in [-0.05, 0) is 50.2 Å². The second-order valence-electron chi connectivity index (χ2n) is 7.43. The third-order valence-electron chi connectivity index (χ3n) is 5.40. The van der Waals surface area contributed by atoms with Crippen LogP contribution in [0.5, 0.6) is 0 Å². The maximum atomic E-state index is 13.0. The number of aryl methyl sites for hydroxylation is 2. The first-order valence-corrected chi connectivity index (χ1v) is 8.98. The average Bonchev–Trinajstić information content (AvgIpc) is 3.06. The third kappa shape index (κ3) is 2.97. The minimum Gasteiger partial charge on any atom is -0.338 e. The van der Waals surface area contributed by atoms with Crippen LogP contribution in [0.4, 0.5) is 0 Å². The first kappa shape index (κ1) is 15.4. The summed E-state index contributed by atoms with van der Waals surface area (Å²) in [6.45, 7) is 5.89. The second kappa shape index (κ2) is 6.08. The molecule has 1 saturated heterocycles. The van der Waals surface area contributed by atoms with Crippen LogP contribution in [0, 0.1) is 19.8 Å². The van der Waals surface area contributed by atoms with Gasteiger partial charge in [0.25, 0.3) is 0 Å². The molecule has 4 nitrogen and oxygen atoms in total. The summed E-state index contributed by atoms with van der Waals surface area (Å²) < 4.78 is 1.98. The molecule has 1 aromatic carbocycles. The Morgan fingerprint density at radius 2 is 2.17 bits per heavy atom. The van der Waals surface area contributed by atoms with Gasteiger partial charge in [0.2, 0.25) is 5.91 Å². The van der Waals surface area contributed by atoms with Crippen molar-refractivity contribution in [3.63, 3.8) is 0 Å². The largest absolute Gasteiger partial charge is 0.338 e. The van der Waals surface area contributed by atoms with Crippen LogP contribution in [-0.2, 0) is 11.3 Å². The lowest BCUT2D eigenvalue weighted by Gasteiger charge is -2.25. The van der Waals surface area contributed by atoms with Gasteiger partial charge in [-0.15, -0.1) is 0 Å². The van der Waals surface area contributed by atoms with Gasteiger partial charge in [-0.3, -0.25) is 9.48 Å². The van der Waals surface area contributed by atoms with E-state index in [0.29, 0.717) is 17.9 Å². The van der Waals surface area contributed by atoms with Gasteiger partial charge in [-0.1, -0.05) is 29.8 Å². The number of aromatic nitrogens is 2. The number of benzene rings is 1. The van der Waals surface area contributed by atoms with Crippen molar-refractivity contribution in [2.45, 2.75) is 51.6 Å². The highest BCUT2D eigenvalue weighted by atomic mass is 16.2. The second-order valence-corrected chi connectivity index (χ2v) is 7.43. The van der Waals surface area contributed by atoms with Gasteiger partial charge in [0.1, 0.15) is 0 Å². The summed E-state index contributed by atoms with van der Waals surface area (Å²) in [4.78, 5) is 15.1. The van der Waals surface area contributed by atoms with Crippen molar-refractivity contribution in [2.75, 3.05) is 6.54 Å². The van der Waals surface area contributed by atoms with Gasteiger partial charge in [0, 0.05) is 18.7 Å². The molecule has 3 atom stereocenters. The topological polar surface area (TPSA) is 38.1 Å². The molecule has 4 heteroatoms. The molecule has 0 bridgehead atoms. The standard InChI is InChI=1S/C20H25N3O/c1-14-5-3-6-16(9-14)18-10-19(18)20(24)23-8-4-7-17(23)13-22-12-15(2)11-21-22/h3,5-6,9,11-12,17-19H,4,7-8,10,13H2,1-2H3/t17-,18+,19+/m1/s1. The molecule has 0 spiro atoms. The monoisotopic (exact) mass is 323 g/mol. The molecule has 1 amide bonds. The van der Waals surface area contributed by atoms with Gasteiger partial charge < -0.3 is 4.90 Å². The van der Waals surface area contributed by atoms with E-state index >= 15 is 0 Å². The zero-order valence-corrected chi connectivity index (χ0v) is 14.5. The van der Waals surface area contributed by atoms with Gasteiger partial charge in [0.05, 0.1) is 18.8 Å². The number of carbonyl (C=O) groups excluding carboxylic acids is 1.